The molecule has 0 unspecified atom stereocenters. The molecule has 1 amide bonds. The minimum Gasteiger partial charge on any atom is -0.507 e. The number of nitrogens with one attached hydrogen (secondary N) is 3. The second-order valence-corrected chi connectivity index (χ2v) is 6.69. The van der Waals surface area contributed by atoms with E-state index in [0.29, 0.717) is 38.8 Å². The van der Waals surface area contributed by atoms with Gasteiger partial charge in [-0.25, -0.2) is 4.99 Å². The Hall–Kier alpha value is -3.26. The minimum absolute atomic E-state index is 0.0364. The lowest BCUT2D eigenvalue weighted by molar-refractivity contribution is 0.0951. The molecule has 0 aromatic heterocycles. The first-order valence-corrected chi connectivity index (χ1v) is 10.4. The van der Waals surface area contributed by atoms with E-state index in [1.54, 1.807) is 25.3 Å². The van der Waals surface area contributed by atoms with Crippen LogP contribution >= 0.6 is 0 Å². The molecule has 0 radical (unpaired) electrons. The van der Waals surface area contributed by atoms with E-state index in [0.717, 1.165) is 24.3 Å². The molecular formula is C23H32N4O4. The Kier molecular flexibility index (Phi) is 10.7. The van der Waals surface area contributed by atoms with Crippen LogP contribution in [0, 0.1) is 0 Å². The molecule has 0 saturated heterocycles. The lowest BCUT2D eigenvalue weighted by Crippen LogP contribution is -2.42. The van der Waals surface area contributed by atoms with Crippen LogP contribution in [0.2, 0.25) is 0 Å². The lowest BCUT2D eigenvalue weighted by atomic mass is 10.2. The molecule has 2 rings (SSSR count). The summed E-state index contributed by atoms with van der Waals surface area (Å²) in [5.41, 5.74) is 1.31. The number of amides is 1. The first-order valence-electron chi connectivity index (χ1n) is 10.4. The number of carbonyl (C=O) groups excluding carboxylic acids is 1. The van der Waals surface area contributed by atoms with Crippen LogP contribution in [0.15, 0.2) is 53.5 Å². The monoisotopic (exact) mass is 428 g/mol. The highest BCUT2D eigenvalue weighted by molar-refractivity contribution is 5.96. The standard InChI is InChI=1S/C23H32N4O4/c1-3-31-16-6-13-25-23(27-17-18-9-11-19(30-2)12-10-18)26-15-14-24-22(29)20-7-4-5-8-21(20)28/h4-5,7-12,28H,3,6,13-17H2,1-2H3,(H,24,29)(H2,25,26,27). The molecule has 0 aliphatic carbocycles. The number of ether oxygens (including phenoxy) is 2. The summed E-state index contributed by atoms with van der Waals surface area (Å²) in [4.78, 5) is 16.8. The third kappa shape index (κ3) is 8.96. The fourth-order valence-electron chi connectivity index (χ4n) is 2.72. The first kappa shape index (κ1) is 24.0. The fraction of sp³-hybridized carbons (Fsp3) is 0.391. The van der Waals surface area contributed by atoms with E-state index in [9.17, 15) is 9.90 Å². The molecule has 8 nitrogen and oxygen atoms in total. The molecule has 2 aromatic rings. The van der Waals surface area contributed by atoms with Gasteiger partial charge < -0.3 is 30.5 Å². The molecule has 0 atom stereocenters. The third-order valence-electron chi connectivity index (χ3n) is 4.39. The van der Waals surface area contributed by atoms with Crippen molar-refractivity contribution in [2.24, 2.45) is 4.99 Å². The molecule has 8 heteroatoms. The van der Waals surface area contributed by atoms with E-state index in [4.69, 9.17) is 9.47 Å². The number of methoxy groups -OCH3 is 1. The lowest BCUT2D eigenvalue weighted by Gasteiger charge is -2.13. The summed E-state index contributed by atoms with van der Waals surface area (Å²) in [6, 6.07) is 14.2. The van der Waals surface area contributed by atoms with Gasteiger partial charge in [-0.3, -0.25) is 4.79 Å². The van der Waals surface area contributed by atoms with Crippen LogP contribution in [-0.2, 0) is 11.3 Å². The van der Waals surface area contributed by atoms with Crippen molar-refractivity contribution in [2.75, 3.05) is 40.0 Å². The van der Waals surface area contributed by atoms with Crippen molar-refractivity contribution in [1.82, 2.24) is 16.0 Å². The highest BCUT2D eigenvalue weighted by Crippen LogP contribution is 2.14. The number of nitrogens with zero attached hydrogens (tertiary/aromatic N) is 1. The second-order valence-electron chi connectivity index (χ2n) is 6.69. The summed E-state index contributed by atoms with van der Waals surface area (Å²) in [6.45, 7) is 5.46. The van der Waals surface area contributed by atoms with Crippen LogP contribution in [0.5, 0.6) is 11.5 Å². The summed E-state index contributed by atoms with van der Waals surface area (Å²) in [5.74, 6) is 1.11. The summed E-state index contributed by atoms with van der Waals surface area (Å²) in [5, 5.41) is 19.1. The summed E-state index contributed by atoms with van der Waals surface area (Å²) in [6.07, 6.45) is 0.862. The number of carbonyl (C=O) groups is 1. The van der Waals surface area contributed by atoms with E-state index >= 15 is 0 Å². The summed E-state index contributed by atoms with van der Waals surface area (Å²) < 4.78 is 10.5. The van der Waals surface area contributed by atoms with Gasteiger partial charge in [0.15, 0.2) is 5.96 Å². The summed E-state index contributed by atoms with van der Waals surface area (Å²) in [7, 11) is 1.64. The molecule has 0 aliphatic heterocycles. The van der Waals surface area contributed by atoms with Crippen molar-refractivity contribution in [3.8, 4) is 11.5 Å². The zero-order chi connectivity index (χ0) is 22.3. The minimum atomic E-state index is -0.318. The number of hydrogen-bond donors (Lipinski definition) is 4. The van der Waals surface area contributed by atoms with E-state index < -0.39 is 0 Å². The van der Waals surface area contributed by atoms with Gasteiger partial charge in [0.05, 0.1) is 19.2 Å². The SMILES string of the molecule is CCOCCCNC(=NCc1ccc(OC)cc1)NCCNC(=O)c1ccccc1O. The maximum Gasteiger partial charge on any atom is 0.255 e. The first-order chi connectivity index (χ1) is 15.1. The normalized spacial score (nSPS) is 11.1. The number of aromatic hydroxyl groups is 1. The number of para-hydroxylation sites is 1. The molecule has 4 N–H and O–H groups in total. The van der Waals surface area contributed by atoms with Gasteiger partial charge in [0.2, 0.25) is 0 Å². The Morgan fingerprint density at radius 2 is 1.71 bits per heavy atom. The predicted octanol–water partition coefficient (Wildman–Crippen LogP) is 2.29. The fourth-order valence-corrected chi connectivity index (χ4v) is 2.72. The van der Waals surface area contributed by atoms with Crippen molar-refractivity contribution in [3.05, 3.63) is 59.7 Å². The molecule has 0 fully saturated rings. The van der Waals surface area contributed by atoms with Crippen LogP contribution in [0.25, 0.3) is 0 Å². The topological polar surface area (TPSA) is 104 Å². The third-order valence-corrected chi connectivity index (χ3v) is 4.39. The number of benzene rings is 2. The number of phenols is 1. The predicted molar refractivity (Wildman–Crippen MR) is 122 cm³/mol. The Labute approximate surface area is 183 Å². The Morgan fingerprint density at radius 3 is 2.42 bits per heavy atom. The van der Waals surface area contributed by atoms with E-state index in [1.807, 2.05) is 31.2 Å². The molecule has 0 spiro atoms. The van der Waals surface area contributed by atoms with Crippen LogP contribution in [0.1, 0.15) is 29.3 Å². The summed E-state index contributed by atoms with van der Waals surface area (Å²) >= 11 is 0. The number of guanidine groups is 1. The van der Waals surface area contributed by atoms with Crippen LogP contribution < -0.4 is 20.7 Å². The highest BCUT2D eigenvalue weighted by atomic mass is 16.5. The highest BCUT2D eigenvalue weighted by Gasteiger charge is 2.09. The largest absolute Gasteiger partial charge is 0.507 e. The van der Waals surface area contributed by atoms with Gasteiger partial charge in [0, 0.05) is 32.8 Å². The van der Waals surface area contributed by atoms with Crippen LogP contribution in [-0.4, -0.2) is 56.9 Å². The smallest absolute Gasteiger partial charge is 0.255 e. The van der Waals surface area contributed by atoms with Crippen LogP contribution in [0.3, 0.4) is 0 Å². The Bertz CT molecular complexity index is 825. The number of phenolic OH excluding ortho intramolecular Hbond substituents is 1. The molecule has 2 aromatic carbocycles. The molecule has 31 heavy (non-hydrogen) atoms. The van der Waals surface area contributed by atoms with Crippen LogP contribution in [0.4, 0.5) is 0 Å². The Morgan fingerprint density at radius 1 is 1.00 bits per heavy atom. The van der Waals surface area contributed by atoms with E-state index in [1.165, 1.54) is 6.07 Å². The molecule has 0 heterocycles. The zero-order valence-corrected chi connectivity index (χ0v) is 18.2. The molecule has 168 valence electrons. The Balaban J connectivity index is 1.84. The van der Waals surface area contributed by atoms with E-state index in [-0.39, 0.29) is 17.2 Å². The van der Waals surface area contributed by atoms with Crippen molar-refractivity contribution >= 4 is 11.9 Å². The molecule has 0 saturated carbocycles. The second kappa shape index (κ2) is 13.9. The van der Waals surface area contributed by atoms with Gasteiger partial charge in [-0.2, -0.15) is 0 Å². The van der Waals surface area contributed by atoms with Gasteiger partial charge in [0.25, 0.3) is 5.91 Å². The van der Waals surface area contributed by atoms with Gasteiger partial charge >= 0.3 is 0 Å². The molecular weight excluding hydrogens is 396 g/mol. The maximum atomic E-state index is 12.2. The quantitative estimate of drug-likeness (QED) is 0.235. The zero-order valence-electron chi connectivity index (χ0n) is 18.2. The van der Waals surface area contributed by atoms with E-state index in [2.05, 4.69) is 20.9 Å². The van der Waals surface area contributed by atoms with Crippen molar-refractivity contribution in [3.63, 3.8) is 0 Å². The van der Waals surface area contributed by atoms with Crippen molar-refractivity contribution in [2.45, 2.75) is 19.9 Å². The molecule has 0 bridgehead atoms. The van der Waals surface area contributed by atoms with Crippen molar-refractivity contribution < 1.29 is 19.4 Å². The number of rotatable bonds is 12. The van der Waals surface area contributed by atoms with Gasteiger partial charge in [-0.1, -0.05) is 24.3 Å². The number of hydrogen-bond acceptors (Lipinski definition) is 5. The molecule has 0 aliphatic rings. The van der Waals surface area contributed by atoms with Gasteiger partial charge in [-0.15, -0.1) is 0 Å². The number of aliphatic imine (C=N–C) groups is 1. The van der Waals surface area contributed by atoms with Gasteiger partial charge in [0.1, 0.15) is 11.5 Å². The van der Waals surface area contributed by atoms with Gasteiger partial charge in [-0.05, 0) is 43.2 Å². The maximum absolute atomic E-state index is 12.2. The average molecular weight is 429 g/mol. The average Bonchev–Trinajstić information content (AvgIpc) is 2.80. The van der Waals surface area contributed by atoms with Crippen molar-refractivity contribution in [1.29, 1.82) is 0 Å².